The summed E-state index contributed by atoms with van der Waals surface area (Å²) in [4.78, 5) is 12.8. The highest BCUT2D eigenvalue weighted by Crippen LogP contribution is 2.44. The van der Waals surface area contributed by atoms with E-state index in [1.165, 1.54) is 42.7 Å². The molecule has 3 atom stereocenters. The number of anilines is 1. The molecule has 2 fully saturated rings. The molecule has 4 rings (SSSR count). The molecule has 2 aromatic carbocycles. The van der Waals surface area contributed by atoms with Gasteiger partial charge in [0.2, 0.25) is 0 Å². The summed E-state index contributed by atoms with van der Waals surface area (Å²) >= 11 is 0. The van der Waals surface area contributed by atoms with Crippen LogP contribution < -0.4 is 9.62 Å². The van der Waals surface area contributed by atoms with Crippen LogP contribution in [0.3, 0.4) is 0 Å². The number of sulfonamides is 1. The third kappa shape index (κ3) is 3.53. The monoisotopic (exact) mass is 398 g/mol. The number of rotatable bonds is 5. The van der Waals surface area contributed by atoms with Crippen LogP contribution in [0, 0.1) is 18.8 Å². The van der Waals surface area contributed by atoms with E-state index in [9.17, 15) is 13.2 Å². The maximum atomic E-state index is 13.0. The van der Waals surface area contributed by atoms with Crippen LogP contribution in [0.4, 0.5) is 5.69 Å². The number of hydrogen-bond donors (Lipinski definition) is 1. The first-order valence-electron chi connectivity index (χ1n) is 9.81. The molecule has 6 heteroatoms. The number of carbonyl (C=O) groups excluding carboxylic acids is 1. The van der Waals surface area contributed by atoms with Crippen LogP contribution in [0.1, 0.15) is 41.6 Å². The number of amides is 1. The molecule has 2 unspecified atom stereocenters. The average Bonchev–Trinajstić information content (AvgIpc) is 3.31. The van der Waals surface area contributed by atoms with Crippen molar-refractivity contribution < 1.29 is 13.2 Å². The van der Waals surface area contributed by atoms with Crippen molar-refractivity contribution in [2.45, 2.75) is 43.5 Å². The van der Waals surface area contributed by atoms with E-state index in [1.807, 2.05) is 19.1 Å². The van der Waals surface area contributed by atoms with Gasteiger partial charge in [-0.1, -0.05) is 30.2 Å². The summed E-state index contributed by atoms with van der Waals surface area (Å²) in [5, 5.41) is 3.13. The van der Waals surface area contributed by atoms with Crippen molar-refractivity contribution in [1.82, 2.24) is 5.32 Å². The molecule has 0 aliphatic heterocycles. The molecule has 2 saturated carbocycles. The van der Waals surface area contributed by atoms with Gasteiger partial charge >= 0.3 is 0 Å². The van der Waals surface area contributed by atoms with Crippen molar-refractivity contribution in [2.24, 2.45) is 11.8 Å². The molecule has 0 radical (unpaired) electrons. The molecule has 2 bridgehead atoms. The number of nitrogens with one attached hydrogen (secondary N) is 1. The number of aryl methyl sites for hydroxylation is 1. The van der Waals surface area contributed by atoms with Crippen LogP contribution in [-0.2, 0) is 10.0 Å². The van der Waals surface area contributed by atoms with Gasteiger partial charge in [-0.2, -0.15) is 0 Å². The van der Waals surface area contributed by atoms with E-state index in [0.29, 0.717) is 17.2 Å². The first-order chi connectivity index (χ1) is 13.3. The summed E-state index contributed by atoms with van der Waals surface area (Å²) in [7, 11) is -2.21. The van der Waals surface area contributed by atoms with Crippen molar-refractivity contribution >= 4 is 21.6 Å². The van der Waals surface area contributed by atoms with Gasteiger partial charge in [0.1, 0.15) is 0 Å². The summed E-state index contributed by atoms with van der Waals surface area (Å²) in [5.41, 5.74) is 2.04. The highest BCUT2D eigenvalue weighted by Gasteiger charge is 2.40. The van der Waals surface area contributed by atoms with Crippen molar-refractivity contribution in [1.29, 1.82) is 0 Å². The van der Waals surface area contributed by atoms with E-state index >= 15 is 0 Å². The summed E-state index contributed by atoms with van der Waals surface area (Å²) in [6.07, 6.45) is 4.72. The van der Waals surface area contributed by atoms with E-state index in [2.05, 4.69) is 5.32 Å². The molecule has 2 aromatic rings. The van der Waals surface area contributed by atoms with Crippen molar-refractivity contribution in [3.8, 4) is 0 Å². The number of fused-ring (bicyclic) bond motifs is 2. The minimum Gasteiger partial charge on any atom is -0.349 e. The summed E-state index contributed by atoms with van der Waals surface area (Å²) in [6.45, 7) is 1.95. The lowest BCUT2D eigenvalue weighted by Crippen LogP contribution is -2.38. The number of nitrogens with zero attached hydrogens (tertiary/aromatic N) is 1. The van der Waals surface area contributed by atoms with E-state index < -0.39 is 10.0 Å². The molecule has 28 heavy (non-hydrogen) atoms. The Labute approximate surface area is 166 Å². The van der Waals surface area contributed by atoms with Gasteiger partial charge in [-0.25, -0.2) is 8.42 Å². The van der Waals surface area contributed by atoms with Crippen molar-refractivity contribution in [2.75, 3.05) is 11.4 Å². The quantitative estimate of drug-likeness (QED) is 0.834. The highest BCUT2D eigenvalue weighted by atomic mass is 32.2. The number of hydrogen-bond acceptors (Lipinski definition) is 3. The Kier molecular flexibility index (Phi) is 4.91. The smallest absolute Gasteiger partial charge is 0.264 e. The Hall–Kier alpha value is -2.34. The molecular formula is C22H26N2O3S. The summed E-state index contributed by atoms with van der Waals surface area (Å²) in [6, 6.07) is 13.8. The Morgan fingerprint density at radius 1 is 1.07 bits per heavy atom. The standard InChI is InChI=1S/C22H26N2O3S/c1-15-6-10-19(11-7-15)24(2)28(26,27)20-5-3-4-18(14-20)22(25)23-21-13-16-8-9-17(21)12-16/h3-7,10-11,14,16-17,21H,8-9,12-13H2,1-2H3,(H,23,25)/t16?,17?,21-/m1/s1. The van der Waals surface area contributed by atoms with Gasteiger partial charge < -0.3 is 5.32 Å². The lowest BCUT2D eigenvalue weighted by molar-refractivity contribution is 0.0922. The van der Waals surface area contributed by atoms with E-state index in [0.717, 1.165) is 17.9 Å². The molecule has 0 aromatic heterocycles. The minimum absolute atomic E-state index is 0.121. The van der Waals surface area contributed by atoms with E-state index in [1.54, 1.807) is 24.3 Å². The summed E-state index contributed by atoms with van der Waals surface area (Å²) in [5.74, 6) is 1.13. The van der Waals surface area contributed by atoms with Crippen LogP contribution in [0.15, 0.2) is 53.4 Å². The van der Waals surface area contributed by atoms with Gasteiger partial charge in [0.25, 0.3) is 15.9 Å². The third-order valence-electron chi connectivity index (χ3n) is 6.21. The molecule has 0 saturated heterocycles. The number of carbonyl (C=O) groups is 1. The highest BCUT2D eigenvalue weighted by molar-refractivity contribution is 7.92. The Balaban J connectivity index is 1.53. The predicted octanol–water partition coefficient (Wildman–Crippen LogP) is 3.74. The SMILES string of the molecule is Cc1ccc(N(C)S(=O)(=O)c2cccc(C(=O)N[C@@H]3CC4CCC3C4)c2)cc1. The molecular weight excluding hydrogens is 372 g/mol. The minimum atomic E-state index is -3.74. The fourth-order valence-corrected chi connectivity index (χ4v) is 5.76. The molecule has 2 aliphatic carbocycles. The summed E-state index contributed by atoms with van der Waals surface area (Å²) < 4.78 is 27.3. The Morgan fingerprint density at radius 3 is 2.46 bits per heavy atom. The van der Waals surface area contributed by atoms with Gasteiger partial charge in [0, 0.05) is 18.7 Å². The normalized spacial score (nSPS) is 23.6. The molecule has 1 N–H and O–H groups in total. The molecule has 0 spiro atoms. The molecule has 0 heterocycles. The van der Waals surface area contributed by atoms with Crippen molar-refractivity contribution in [3.63, 3.8) is 0 Å². The fourth-order valence-electron chi connectivity index (χ4n) is 4.52. The predicted molar refractivity (Wildman–Crippen MR) is 110 cm³/mol. The third-order valence-corrected chi connectivity index (χ3v) is 7.99. The second kappa shape index (κ2) is 7.24. The zero-order valence-electron chi connectivity index (χ0n) is 16.3. The maximum Gasteiger partial charge on any atom is 0.264 e. The molecule has 2 aliphatic rings. The van der Waals surface area contributed by atoms with Crippen LogP contribution in [0.25, 0.3) is 0 Å². The zero-order chi connectivity index (χ0) is 19.9. The largest absolute Gasteiger partial charge is 0.349 e. The Morgan fingerprint density at radius 2 is 1.82 bits per heavy atom. The second-order valence-corrected chi connectivity index (χ2v) is 10.1. The second-order valence-electron chi connectivity index (χ2n) is 8.09. The van der Waals surface area contributed by atoms with Crippen molar-refractivity contribution in [3.05, 3.63) is 59.7 Å². The first kappa shape index (κ1) is 19.0. The maximum absolute atomic E-state index is 13.0. The fraction of sp³-hybridized carbons (Fsp3) is 0.409. The number of benzene rings is 2. The molecule has 5 nitrogen and oxygen atoms in total. The van der Waals surface area contributed by atoms with Crippen LogP contribution >= 0.6 is 0 Å². The molecule has 148 valence electrons. The van der Waals surface area contributed by atoms with Gasteiger partial charge in [-0.3, -0.25) is 9.10 Å². The van der Waals surface area contributed by atoms with Gasteiger partial charge in [-0.15, -0.1) is 0 Å². The Bertz CT molecular complexity index is 985. The van der Waals surface area contributed by atoms with Crippen LogP contribution in [0.2, 0.25) is 0 Å². The zero-order valence-corrected chi connectivity index (χ0v) is 17.1. The van der Waals surface area contributed by atoms with E-state index in [4.69, 9.17) is 0 Å². The van der Waals surface area contributed by atoms with Gasteiger partial charge in [-0.05, 0) is 68.4 Å². The van der Waals surface area contributed by atoms with E-state index in [-0.39, 0.29) is 16.8 Å². The molecule has 1 amide bonds. The average molecular weight is 399 g/mol. The van der Waals surface area contributed by atoms with Gasteiger partial charge in [0.15, 0.2) is 0 Å². The lowest BCUT2D eigenvalue weighted by Gasteiger charge is -2.23. The topological polar surface area (TPSA) is 66.5 Å². The van der Waals surface area contributed by atoms with Crippen LogP contribution in [-0.4, -0.2) is 27.4 Å². The van der Waals surface area contributed by atoms with Gasteiger partial charge in [0.05, 0.1) is 10.6 Å². The lowest BCUT2D eigenvalue weighted by atomic mass is 9.95. The van der Waals surface area contributed by atoms with Crippen LogP contribution in [0.5, 0.6) is 0 Å². The first-order valence-corrected chi connectivity index (χ1v) is 11.2.